The molecule has 14 heteroatoms. The molecule has 0 radical (unpaired) electrons. The summed E-state index contributed by atoms with van der Waals surface area (Å²) in [7, 11) is 1.41. The van der Waals surface area contributed by atoms with Crippen LogP contribution in [0.4, 0.5) is 29.1 Å². The number of aromatic amines is 1. The first kappa shape index (κ1) is 28.1. The Bertz CT molecular complexity index is 1720. The number of H-pyrrole nitrogens is 1. The first-order valence-electron chi connectivity index (χ1n) is 12.9. The molecule has 3 aromatic heterocycles. The molecule has 1 fully saturated rings. The zero-order valence-corrected chi connectivity index (χ0v) is 22.2. The van der Waals surface area contributed by atoms with Gasteiger partial charge in [0.2, 0.25) is 0 Å². The highest BCUT2D eigenvalue weighted by Gasteiger charge is 2.41. The van der Waals surface area contributed by atoms with Gasteiger partial charge in [0.05, 0.1) is 36.1 Å². The van der Waals surface area contributed by atoms with Crippen molar-refractivity contribution in [2.75, 3.05) is 24.3 Å². The highest BCUT2D eigenvalue weighted by atomic mass is 19.4. The number of alkyl halides is 3. The summed E-state index contributed by atoms with van der Waals surface area (Å²) in [5.41, 5.74) is 2.71. The number of pyridine rings is 1. The van der Waals surface area contributed by atoms with E-state index in [4.69, 9.17) is 10.5 Å². The highest BCUT2D eigenvalue weighted by molar-refractivity contribution is 5.86. The molecular formula is C27H27F4N7O3. The van der Waals surface area contributed by atoms with Crippen LogP contribution in [0.2, 0.25) is 0 Å². The third-order valence-electron chi connectivity index (χ3n) is 7.30. The molecule has 1 aliphatic rings. The van der Waals surface area contributed by atoms with Crippen LogP contribution in [0.1, 0.15) is 31.7 Å². The predicted octanol–water partition coefficient (Wildman–Crippen LogP) is 3.99. The van der Waals surface area contributed by atoms with Gasteiger partial charge in [-0.15, -0.1) is 0 Å². The van der Waals surface area contributed by atoms with Crippen LogP contribution in [-0.4, -0.2) is 44.4 Å². The summed E-state index contributed by atoms with van der Waals surface area (Å²) in [4.78, 5) is 34.9. The predicted molar refractivity (Wildman–Crippen MR) is 144 cm³/mol. The minimum Gasteiger partial charge on any atom is -0.491 e. The zero-order chi connectivity index (χ0) is 29.5. The van der Waals surface area contributed by atoms with E-state index in [1.807, 2.05) is 12.0 Å². The number of benzene rings is 1. The van der Waals surface area contributed by atoms with Gasteiger partial charge in [0.15, 0.2) is 17.4 Å². The van der Waals surface area contributed by atoms with E-state index >= 15 is 4.39 Å². The lowest BCUT2D eigenvalue weighted by molar-refractivity contribution is -0.138. The Morgan fingerprint density at radius 3 is 2.71 bits per heavy atom. The van der Waals surface area contributed by atoms with Gasteiger partial charge in [-0.1, -0.05) is 6.92 Å². The molecule has 0 aliphatic carbocycles. The van der Waals surface area contributed by atoms with Gasteiger partial charge in [0.1, 0.15) is 11.4 Å². The first-order chi connectivity index (χ1) is 19.5. The summed E-state index contributed by atoms with van der Waals surface area (Å²) in [5.74, 6) is -0.243. The van der Waals surface area contributed by atoms with Crippen molar-refractivity contribution in [1.82, 2.24) is 24.7 Å². The molecule has 0 bridgehead atoms. The molecule has 3 N–H and O–H groups in total. The van der Waals surface area contributed by atoms with E-state index in [1.165, 1.54) is 23.9 Å². The van der Waals surface area contributed by atoms with E-state index in [2.05, 4.69) is 15.1 Å². The number of nitrogens with one attached hydrogen (secondary N) is 1. The second-order valence-electron chi connectivity index (χ2n) is 10.1. The Morgan fingerprint density at radius 1 is 1.22 bits per heavy atom. The van der Waals surface area contributed by atoms with E-state index in [9.17, 15) is 22.8 Å². The lowest BCUT2D eigenvalue weighted by atomic mass is 10.0. The van der Waals surface area contributed by atoms with E-state index in [0.29, 0.717) is 31.2 Å². The topological polar surface area (TPSA) is 132 Å². The quantitative estimate of drug-likeness (QED) is 0.318. The summed E-state index contributed by atoms with van der Waals surface area (Å²) in [5, 5.41) is 6.12. The van der Waals surface area contributed by atoms with Crippen molar-refractivity contribution < 1.29 is 22.3 Å². The number of anilines is 2. The fraction of sp³-hybridized carbons (Fsp3) is 0.370. The van der Waals surface area contributed by atoms with Crippen LogP contribution >= 0.6 is 0 Å². The van der Waals surface area contributed by atoms with Gasteiger partial charge in [-0.3, -0.25) is 9.59 Å². The fourth-order valence-corrected chi connectivity index (χ4v) is 5.42. The van der Waals surface area contributed by atoms with Gasteiger partial charge in [0, 0.05) is 25.3 Å². The molecule has 0 spiro atoms. The van der Waals surface area contributed by atoms with Gasteiger partial charge < -0.3 is 19.9 Å². The van der Waals surface area contributed by atoms with Crippen LogP contribution in [-0.2, 0) is 12.7 Å². The van der Waals surface area contributed by atoms with Crippen LogP contribution in [0.15, 0.2) is 46.4 Å². The molecular weight excluding hydrogens is 546 g/mol. The van der Waals surface area contributed by atoms with Crippen molar-refractivity contribution in [3.8, 4) is 17.1 Å². The van der Waals surface area contributed by atoms with Gasteiger partial charge in [-0.25, -0.2) is 19.5 Å². The lowest BCUT2D eigenvalue weighted by Gasteiger charge is -2.28. The maximum atomic E-state index is 15.1. The second-order valence-corrected chi connectivity index (χ2v) is 10.1. The summed E-state index contributed by atoms with van der Waals surface area (Å²) in [6.45, 7) is 2.55. The molecule has 4 heterocycles. The number of rotatable bonds is 7. The summed E-state index contributed by atoms with van der Waals surface area (Å²) >= 11 is 0. The first-order valence-corrected chi connectivity index (χ1v) is 12.9. The standard InChI is InChI=1S/C27H27F4N7O3/c1-14-8-16(38(13-14)20-11-34-36-25(39)22(20)27(29,30)31)4-3-6-37-7-5-15-9-18(19(28)10-17(15)26(37)40)24-33-12-21(41-2)23(32)35-24/h5,7,9-12,14,16H,3-4,6,8,13H2,1-2H3,(H,36,39)(H2,32,33,35)/t14-,16-/m1/s1. The van der Waals surface area contributed by atoms with Crippen LogP contribution in [0, 0.1) is 11.7 Å². The van der Waals surface area contributed by atoms with Crippen LogP contribution < -0.4 is 26.5 Å². The molecule has 4 aromatic rings. The van der Waals surface area contributed by atoms with Crippen molar-refractivity contribution in [2.24, 2.45) is 5.92 Å². The van der Waals surface area contributed by atoms with E-state index in [1.54, 1.807) is 17.2 Å². The molecule has 0 saturated carbocycles. The maximum Gasteiger partial charge on any atom is 0.423 e. The SMILES string of the molecule is COc1cnc(-c2cc3ccn(CCC[C@@H]4C[C@@H](C)CN4c4cn[nH]c(=O)c4C(F)(F)F)c(=O)c3cc2F)nc1N. The van der Waals surface area contributed by atoms with Crippen molar-refractivity contribution in [2.45, 2.75) is 44.9 Å². The summed E-state index contributed by atoms with van der Waals surface area (Å²) in [6.07, 6.45) is 0.704. The van der Waals surface area contributed by atoms with Gasteiger partial charge in [-0.05, 0) is 48.8 Å². The van der Waals surface area contributed by atoms with Crippen LogP contribution in [0.3, 0.4) is 0 Å². The van der Waals surface area contributed by atoms with E-state index in [0.717, 1.165) is 12.3 Å². The minimum atomic E-state index is -4.83. The molecule has 5 rings (SSSR count). The van der Waals surface area contributed by atoms with Crippen LogP contribution in [0.25, 0.3) is 22.2 Å². The fourth-order valence-electron chi connectivity index (χ4n) is 5.42. The number of methoxy groups -OCH3 is 1. The molecule has 10 nitrogen and oxygen atoms in total. The summed E-state index contributed by atoms with van der Waals surface area (Å²) in [6, 6.07) is 4.01. The Labute approximate surface area is 230 Å². The van der Waals surface area contributed by atoms with Gasteiger partial charge >= 0.3 is 6.18 Å². The number of fused-ring (bicyclic) bond motifs is 1. The molecule has 1 aromatic carbocycles. The maximum absolute atomic E-state index is 15.1. The lowest BCUT2D eigenvalue weighted by Crippen LogP contribution is -2.35. The Kier molecular flexibility index (Phi) is 7.41. The Morgan fingerprint density at radius 2 is 2.00 bits per heavy atom. The van der Waals surface area contributed by atoms with Gasteiger partial charge in [-0.2, -0.15) is 18.3 Å². The number of aryl methyl sites for hydroxylation is 1. The number of ether oxygens (including phenoxy) is 1. The van der Waals surface area contributed by atoms with Crippen molar-refractivity contribution >= 4 is 22.3 Å². The summed E-state index contributed by atoms with van der Waals surface area (Å²) < 4.78 is 62.6. The Balaban J connectivity index is 1.35. The number of halogens is 4. The number of hydrogen-bond donors (Lipinski definition) is 2. The number of aromatic nitrogens is 5. The highest BCUT2D eigenvalue weighted by Crippen LogP contribution is 2.38. The van der Waals surface area contributed by atoms with Crippen molar-refractivity contribution in [3.63, 3.8) is 0 Å². The molecule has 1 aliphatic heterocycles. The zero-order valence-electron chi connectivity index (χ0n) is 22.2. The average Bonchev–Trinajstić information content (AvgIpc) is 3.29. The minimum absolute atomic E-state index is 0.0477. The smallest absolute Gasteiger partial charge is 0.423 e. The van der Waals surface area contributed by atoms with Crippen molar-refractivity contribution in [3.05, 3.63) is 68.9 Å². The molecule has 0 unspecified atom stereocenters. The average molecular weight is 574 g/mol. The number of nitrogens with two attached hydrogens (primary N) is 1. The molecule has 41 heavy (non-hydrogen) atoms. The second kappa shape index (κ2) is 10.8. The number of hydrogen-bond acceptors (Lipinski definition) is 8. The third-order valence-corrected chi connectivity index (χ3v) is 7.30. The molecule has 2 atom stereocenters. The van der Waals surface area contributed by atoms with E-state index < -0.39 is 28.7 Å². The van der Waals surface area contributed by atoms with Gasteiger partial charge in [0.25, 0.3) is 11.1 Å². The normalized spacial score (nSPS) is 17.4. The monoisotopic (exact) mass is 573 g/mol. The van der Waals surface area contributed by atoms with Crippen LogP contribution in [0.5, 0.6) is 5.75 Å². The molecule has 216 valence electrons. The number of nitrogens with zero attached hydrogens (tertiary/aromatic N) is 5. The third kappa shape index (κ3) is 5.45. The largest absolute Gasteiger partial charge is 0.491 e. The number of nitrogen functional groups attached to an aromatic ring is 1. The molecule has 1 saturated heterocycles. The molecule has 0 amide bonds. The Hall–Kier alpha value is -4.49. The van der Waals surface area contributed by atoms with Crippen molar-refractivity contribution in [1.29, 1.82) is 0 Å². The van der Waals surface area contributed by atoms with E-state index in [-0.39, 0.29) is 52.5 Å².